The summed E-state index contributed by atoms with van der Waals surface area (Å²) in [6.45, 7) is 2.95. The second-order valence-corrected chi connectivity index (χ2v) is 7.95. The summed E-state index contributed by atoms with van der Waals surface area (Å²) in [7, 11) is 1.60. The van der Waals surface area contributed by atoms with Gasteiger partial charge in [-0.2, -0.15) is 5.10 Å². The van der Waals surface area contributed by atoms with Crippen LogP contribution in [0.4, 0.5) is 5.95 Å². The standard InChI is InChI=1S/C26H24N6O2/c1-3-11-31-16-19(15-29-31)21-13-18(14-28-24(21)34-2)17-9-10-23-22(12-17)25(33)32(26(27)30-23)20-7-5-4-6-8-20/h4-10,12-16H,3,11H2,1-2H3,(H2,27,30). The van der Waals surface area contributed by atoms with Gasteiger partial charge in [-0.15, -0.1) is 0 Å². The van der Waals surface area contributed by atoms with E-state index in [0.717, 1.165) is 35.2 Å². The van der Waals surface area contributed by atoms with E-state index in [1.807, 2.05) is 65.6 Å². The van der Waals surface area contributed by atoms with Crippen molar-refractivity contribution in [1.82, 2.24) is 24.3 Å². The first-order valence-corrected chi connectivity index (χ1v) is 11.0. The molecule has 0 atom stereocenters. The summed E-state index contributed by atoms with van der Waals surface area (Å²) in [6, 6.07) is 16.8. The average Bonchev–Trinajstić information content (AvgIpc) is 3.33. The van der Waals surface area contributed by atoms with Crippen LogP contribution in [-0.2, 0) is 6.54 Å². The van der Waals surface area contributed by atoms with Crippen LogP contribution in [0.5, 0.6) is 5.88 Å². The normalized spacial score (nSPS) is 11.1. The minimum Gasteiger partial charge on any atom is -0.481 e. The molecule has 0 fully saturated rings. The maximum atomic E-state index is 13.4. The molecule has 2 N–H and O–H groups in total. The number of benzene rings is 2. The van der Waals surface area contributed by atoms with E-state index in [9.17, 15) is 4.79 Å². The highest BCUT2D eigenvalue weighted by molar-refractivity contribution is 5.86. The van der Waals surface area contributed by atoms with Crippen molar-refractivity contribution >= 4 is 16.9 Å². The zero-order valence-electron chi connectivity index (χ0n) is 19.0. The smallest absolute Gasteiger partial charge is 0.267 e. The lowest BCUT2D eigenvalue weighted by molar-refractivity contribution is 0.400. The Labute approximate surface area is 196 Å². The summed E-state index contributed by atoms with van der Waals surface area (Å²) in [6.07, 6.45) is 6.52. The van der Waals surface area contributed by atoms with E-state index in [2.05, 4.69) is 22.0 Å². The van der Waals surface area contributed by atoms with Gasteiger partial charge in [0, 0.05) is 35.6 Å². The summed E-state index contributed by atoms with van der Waals surface area (Å²) < 4.78 is 8.83. The zero-order chi connectivity index (χ0) is 23.7. The van der Waals surface area contributed by atoms with E-state index in [1.165, 1.54) is 4.57 Å². The summed E-state index contributed by atoms with van der Waals surface area (Å²) >= 11 is 0. The third-order valence-corrected chi connectivity index (χ3v) is 5.68. The maximum absolute atomic E-state index is 13.4. The molecule has 3 heterocycles. The van der Waals surface area contributed by atoms with Gasteiger partial charge in [0.1, 0.15) is 0 Å². The third-order valence-electron chi connectivity index (χ3n) is 5.68. The fourth-order valence-electron chi connectivity index (χ4n) is 4.04. The van der Waals surface area contributed by atoms with Crippen molar-refractivity contribution in [3.05, 3.63) is 83.5 Å². The van der Waals surface area contributed by atoms with Crippen LogP contribution in [0.25, 0.3) is 38.8 Å². The molecule has 170 valence electrons. The van der Waals surface area contributed by atoms with Gasteiger partial charge in [-0.3, -0.25) is 9.48 Å². The average molecular weight is 453 g/mol. The summed E-state index contributed by atoms with van der Waals surface area (Å²) in [5.41, 5.74) is 10.6. The van der Waals surface area contributed by atoms with Crippen molar-refractivity contribution in [3.8, 4) is 33.8 Å². The molecule has 2 aromatic carbocycles. The SMILES string of the molecule is CCCn1cc(-c2cc(-c3ccc4nc(N)n(-c5ccccc5)c(=O)c4c3)cnc2OC)cn1. The Hall–Kier alpha value is -4.46. The summed E-state index contributed by atoms with van der Waals surface area (Å²) in [5, 5.41) is 4.90. The number of nitrogens with two attached hydrogens (primary N) is 1. The number of para-hydroxylation sites is 1. The number of hydrogen-bond acceptors (Lipinski definition) is 6. The Morgan fingerprint density at radius 1 is 1.00 bits per heavy atom. The van der Waals surface area contributed by atoms with Gasteiger partial charge in [-0.25, -0.2) is 14.5 Å². The van der Waals surface area contributed by atoms with Crippen molar-refractivity contribution in [2.75, 3.05) is 12.8 Å². The fourth-order valence-corrected chi connectivity index (χ4v) is 4.04. The third kappa shape index (κ3) is 3.79. The van der Waals surface area contributed by atoms with Gasteiger partial charge in [0.05, 0.1) is 29.9 Å². The van der Waals surface area contributed by atoms with Crippen LogP contribution in [0.15, 0.2) is 78.0 Å². The molecular formula is C26H24N6O2. The second kappa shape index (κ2) is 8.82. The molecule has 8 nitrogen and oxygen atoms in total. The second-order valence-electron chi connectivity index (χ2n) is 7.95. The quantitative estimate of drug-likeness (QED) is 0.412. The minimum absolute atomic E-state index is 0.147. The maximum Gasteiger partial charge on any atom is 0.267 e. The molecule has 5 aromatic rings. The van der Waals surface area contributed by atoms with Crippen LogP contribution in [0.1, 0.15) is 13.3 Å². The molecule has 8 heteroatoms. The van der Waals surface area contributed by atoms with Gasteiger partial charge in [-0.05, 0) is 42.3 Å². The van der Waals surface area contributed by atoms with E-state index in [1.54, 1.807) is 19.4 Å². The molecule has 0 amide bonds. The van der Waals surface area contributed by atoms with Crippen molar-refractivity contribution < 1.29 is 4.74 Å². The van der Waals surface area contributed by atoms with E-state index < -0.39 is 0 Å². The van der Waals surface area contributed by atoms with E-state index in [-0.39, 0.29) is 11.5 Å². The molecule has 0 aliphatic carbocycles. The lowest BCUT2D eigenvalue weighted by Gasteiger charge is -2.12. The molecule has 0 saturated heterocycles. The van der Waals surface area contributed by atoms with Gasteiger partial charge in [0.15, 0.2) is 0 Å². The van der Waals surface area contributed by atoms with E-state index in [0.29, 0.717) is 22.5 Å². The van der Waals surface area contributed by atoms with Crippen LogP contribution in [0, 0.1) is 0 Å². The molecule has 3 aromatic heterocycles. The van der Waals surface area contributed by atoms with Crippen LogP contribution in [-0.4, -0.2) is 31.4 Å². The minimum atomic E-state index is -0.224. The highest BCUT2D eigenvalue weighted by atomic mass is 16.5. The largest absolute Gasteiger partial charge is 0.481 e. The first kappa shape index (κ1) is 21.4. The van der Waals surface area contributed by atoms with Gasteiger partial charge in [-0.1, -0.05) is 31.2 Å². The molecule has 0 bridgehead atoms. The number of rotatable bonds is 6. The van der Waals surface area contributed by atoms with Gasteiger partial charge >= 0.3 is 0 Å². The molecule has 0 unspecified atom stereocenters. The van der Waals surface area contributed by atoms with Crippen molar-refractivity contribution in [2.24, 2.45) is 0 Å². The van der Waals surface area contributed by atoms with Crippen LogP contribution in [0.3, 0.4) is 0 Å². The highest BCUT2D eigenvalue weighted by Gasteiger charge is 2.15. The number of nitrogens with zero attached hydrogens (tertiary/aromatic N) is 5. The Morgan fingerprint density at radius 3 is 2.59 bits per heavy atom. The molecule has 5 rings (SSSR count). The number of pyridine rings is 1. The molecule has 0 aliphatic rings. The Kier molecular flexibility index (Phi) is 5.55. The van der Waals surface area contributed by atoms with Crippen LogP contribution >= 0.6 is 0 Å². The molecule has 34 heavy (non-hydrogen) atoms. The number of fused-ring (bicyclic) bond motifs is 1. The number of methoxy groups -OCH3 is 1. The topological polar surface area (TPSA) is 101 Å². The monoisotopic (exact) mass is 452 g/mol. The first-order chi connectivity index (χ1) is 16.6. The predicted octanol–water partition coefficient (Wildman–Crippen LogP) is 4.31. The summed E-state index contributed by atoms with van der Waals surface area (Å²) in [5.74, 6) is 0.662. The van der Waals surface area contributed by atoms with Gasteiger partial charge < -0.3 is 10.5 Å². The number of ether oxygens (including phenoxy) is 1. The van der Waals surface area contributed by atoms with Crippen molar-refractivity contribution in [3.63, 3.8) is 0 Å². The van der Waals surface area contributed by atoms with Crippen molar-refractivity contribution in [2.45, 2.75) is 19.9 Å². The number of aryl methyl sites for hydroxylation is 1. The Morgan fingerprint density at radius 2 is 1.82 bits per heavy atom. The number of anilines is 1. The Balaban J connectivity index is 1.64. The number of hydrogen-bond donors (Lipinski definition) is 1. The lowest BCUT2D eigenvalue weighted by atomic mass is 10.0. The zero-order valence-corrected chi connectivity index (χ0v) is 19.0. The van der Waals surface area contributed by atoms with Crippen molar-refractivity contribution in [1.29, 1.82) is 0 Å². The number of nitrogen functional groups attached to an aromatic ring is 1. The van der Waals surface area contributed by atoms with Gasteiger partial charge in [0.2, 0.25) is 11.8 Å². The fraction of sp³-hybridized carbons (Fsp3) is 0.154. The van der Waals surface area contributed by atoms with Crippen LogP contribution < -0.4 is 16.0 Å². The number of aromatic nitrogens is 5. The molecule has 0 radical (unpaired) electrons. The van der Waals surface area contributed by atoms with Crippen LogP contribution in [0.2, 0.25) is 0 Å². The molecule has 0 aliphatic heterocycles. The van der Waals surface area contributed by atoms with E-state index >= 15 is 0 Å². The lowest BCUT2D eigenvalue weighted by Crippen LogP contribution is -2.23. The van der Waals surface area contributed by atoms with E-state index in [4.69, 9.17) is 10.5 Å². The highest BCUT2D eigenvalue weighted by Crippen LogP contribution is 2.33. The predicted molar refractivity (Wildman–Crippen MR) is 133 cm³/mol. The Bertz CT molecular complexity index is 1540. The summed E-state index contributed by atoms with van der Waals surface area (Å²) in [4.78, 5) is 22.3. The molecule has 0 spiro atoms. The first-order valence-electron chi connectivity index (χ1n) is 11.0. The molecular weight excluding hydrogens is 428 g/mol. The van der Waals surface area contributed by atoms with Gasteiger partial charge in [0.25, 0.3) is 5.56 Å². The molecule has 0 saturated carbocycles.